The molecule has 266 valence electrons. The third-order valence-electron chi connectivity index (χ3n) is 8.11. The fourth-order valence-electron chi connectivity index (χ4n) is 5.06. The average Bonchev–Trinajstić information content (AvgIpc) is 3.03. The van der Waals surface area contributed by atoms with Gasteiger partial charge in [0, 0.05) is 29.6 Å². The topological polar surface area (TPSA) is 158 Å². The van der Waals surface area contributed by atoms with Crippen molar-refractivity contribution in [2.45, 2.75) is 123 Å². The normalized spacial score (nSPS) is 15.1. The van der Waals surface area contributed by atoms with E-state index in [0.717, 1.165) is 4.90 Å². The Kier molecular flexibility index (Phi) is 19.3. The molecule has 0 spiro atoms. The standard InChI is InChI=1S/C35H60N6O5S/c1-11-14-28(39-35(46)30(23(8)12-2)41-32(43)25-15-17-27(47-10)18-16-25)33(44)38-26(19-21(4)5)20-37-24(9)31(42)40-29(22(6)7)34(45)36-13-3/h15-18,21-24,26,28-30,37H,11-14,19-20H2,1-10H3,(H,36,45)(H,38,44)(H,39,46)(H,40,42)(H,41,43)/t23-,24-,26?,28-,29-,30-/m0/s1. The lowest BCUT2D eigenvalue weighted by molar-refractivity contribution is -0.131. The summed E-state index contributed by atoms with van der Waals surface area (Å²) in [6.45, 7) is 18.0. The van der Waals surface area contributed by atoms with E-state index in [1.165, 1.54) is 0 Å². The molecule has 1 aromatic carbocycles. The fourth-order valence-corrected chi connectivity index (χ4v) is 5.47. The highest BCUT2D eigenvalue weighted by atomic mass is 32.2. The van der Waals surface area contributed by atoms with Gasteiger partial charge in [0.25, 0.3) is 5.91 Å². The predicted molar refractivity (Wildman–Crippen MR) is 190 cm³/mol. The van der Waals surface area contributed by atoms with Crippen molar-refractivity contribution in [1.29, 1.82) is 0 Å². The second kappa shape index (κ2) is 21.7. The Balaban J connectivity index is 2.98. The van der Waals surface area contributed by atoms with E-state index in [1.807, 2.05) is 73.8 Å². The Morgan fingerprint density at radius 3 is 1.89 bits per heavy atom. The molecule has 1 unspecified atom stereocenters. The van der Waals surface area contributed by atoms with Crippen LogP contribution in [0.3, 0.4) is 0 Å². The number of nitrogens with one attached hydrogen (secondary N) is 6. The molecule has 0 aliphatic carbocycles. The summed E-state index contributed by atoms with van der Waals surface area (Å²) in [7, 11) is 0. The minimum atomic E-state index is -0.818. The van der Waals surface area contributed by atoms with E-state index in [0.29, 0.717) is 44.3 Å². The Morgan fingerprint density at radius 1 is 0.745 bits per heavy atom. The molecule has 11 nitrogen and oxygen atoms in total. The van der Waals surface area contributed by atoms with Crippen LogP contribution in [-0.4, -0.2) is 79.1 Å². The molecule has 0 heterocycles. The summed E-state index contributed by atoms with van der Waals surface area (Å²) in [5.74, 6) is -1.60. The van der Waals surface area contributed by atoms with Crippen LogP contribution in [0.2, 0.25) is 0 Å². The summed E-state index contributed by atoms with van der Waals surface area (Å²) < 4.78 is 0. The third-order valence-corrected chi connectivity index (χ3v) is 8.85. The Morgan fingerprint density at radius 2 is 1.38 bits per heavy atom. The maximum absolute atomic E-state index is 13.6. The lowest BCUT2D eigenvalue weighted by Gasteiger charge is -2.29. The van der Waals surface area contributed by atoms with Crippen molar-refractivity contribution in [3.63, 3.8) is 0 Å². The first-order valence-corrected chi connectivity index (χ1v) is 18.3. The van der Waals surface area contributed by atoms with Crippen LogP contribution in [-0.2, 0) is 19.2 Å². The van der Waals surface area contributed by atoms with Gasteiger partial charge in [-0.2, -0.15) is 0 Å². The van der Waals surface area contributed by atoms with Crippen LogP contribution in [0, 0.1) is 17.8 Å². The molecule has 0 bridgehead atoms. The molecule has 0 aliphatic heterocycles. The largest absolute Gasteiger partial charge is 0.355 e. The van der Waals surface area contributed by atoms with Crippen LogP contribution in [0.4, 0.5) is 0 Å². The number of thioether (sulfide) groups is 1. The molecule has 0 saturated heterocycles. The summed E-state index contributed by atoms with van der Waals surface area (Å²) in [6, 6.07) is 4.01. The summed E-state index contributed by atoms with van der Waals surface area (Å²) in [5.41, 5.74) is 0.461. The van der Waals surface area contributed by atoms with Crippen molar-refractivity contribution in [2.24, 2.45) is 17.8 Å². The van der Waals surface area contributed by atoms with Crippen LogP contribution in [0.15, 0.2) is 29.2 Å². The van der Waals surface area contributed by atoms with Gasteiger partial charge in [-0.15, -0.1) is 11.8 Å². The van der Waals surface area contributed by atoms with Gasteiger partial charge in [0.2, 0.25) is 23.6 Å². The molecule has 5 amide bonds. The van der Waals surface area contributed by atoms with Gasteiger partial charge in [0.15, 0.2) is 0 Å². The maximum Gasteiger partial charge on any atom is 0.251 e. The van der Waals surface area contributed by atoms with Gasteiger partial charge in [0.05, 0.1) is 6.04 Å². The molecular weight excluding hydrogens is 616 g/mol. The Bertz CT molecular complexity index is 1150. The maximum atomic E-state index is 13.6. The molecule has 0 radical (unpaired) electrons. The summed E-state index contributed by atoms with van der Waals surface area (Å²) in [5, 5.41) is 17.7. The number of rotatable bonds is 21. The first-order chi connectivity index (χ1) is 22.2. The average molecular weight is 677 g/mol. The zero-order chi connectivity index (χ0) is 35.7. The number of hydrogen-bond acceptors (Lipinski definition) is 7. The van der Waals surface area contributed by atoms with E-state index < -0.39 is 30.1 Å². The van der Waals surface area contributed by atoms with Gasteiger partial charge in [-0.05, 0) is 75.0 Å². The Hall–Kier alpha value is -3.12. The molecular formula is C35H60N6O5S. The number of carbonyl (C=O) groups is 5. The molecule has 47 heavy (non-hydrogen) atoms. The minimum absolute atomic E-state index is 0.0869. The smallest absolute Gasteiger partial charge is 0.251 e. The summed E-state index contributed by atoms with van der Waals surface area (Å²) in [4.78, 5) is 66.7. The van der Waals surface area contributed by atoms with Crippen molar-refractivity contribution >= 4 is 41.3 Å². The molecule has 1 rings (SSSR count). The van der Waals surface area contributed by atoms with E-state index in [9.17, 15) is 24.0 Å². The van der Waals surface area contributed by atoms with Crippen LogP contribution >= 0.6 is 11.8 Å². The zero-order valence-corrected chi connectivity index (χ0v) is 30.9. The zero-order valence-electron chi connectivity index (χ0n) is 30.1. The van der Waals surface area contributed by atoms with E-state index in [-0.39, 0.29) is 47.4 Å². The van der Waals surface area contributed by atoms with Gasteiger partial charge in [-0.3, -0.25) is 24.0 Å². The van der Waals surface area contributed by atoms with Gasteiger partial charge < -0.3 is 31.9 Å². The lowest BCUT2D eigenvalue weighted by atomic mass is 9.97. The van der Waals surface area contributed by atoms with E-state index in [4.69, 9.17) is 0 Å². The second-order valence-corrected chi connectivity index (χ2v) is 13.9. The van der Waals surface area contributed by atoms with Crippen molar-refractivity contribution in [2.75, 3.05) is 19.3 Å². The second-order valence-electron chi connectivity index (χ2n) is 13.0. The number of likely N-dealkylation sites (N-methyl/N-ethyl adjacent to an activating group) is 1. The van der Waals surface area contributed by atoms with Crippen molar-refractivity contribution < 1.29 is 24.0 Å². The molecule has 6 N–H and O–H groups in total. The highest BCUT2D eigenvalue weighted by Crippen LogP contribution is 2.16. The number of benzene rings is 1. The number of amides is 5. The van der Waals surface area contributed by atoms with Gasteiger partial charge >= 0.3 is 0 Å². The number of carbonyl (C=O) groups excluding carboxylic acids is 5. The Labute approximate surface area is 286 Å². The van der Waals surface area contributed by atoms with Crippen molar-refractivity contribution in [1.82, 2.24) is 31.9 Å². The van der Waals surface area contributed by atoms with Gasteiger partial charge in [-0.1, -0.05) is 61.3 Å². The quantitative estimate of drug-likeness (QED) is 0.109. The molecule has 0 fully saturated rings. The van der Waals surface area contributed by atoms with E-state index in [2.05, 4.69) is 31.9 Å². The lowest BCUT2D eigenvalue weighted by Crippen LogP contribution is -2.58. The SMILES string of the molecule is CCC[C@H](NC(=O)[C@@H](NC(=O)c1ccc(SC)cc1)[C@@H](C)CC)C(=O)NC(CN[C@@H](C)C(=O)N[C@H](C(=O)NCC)C(C)C)CC(C)C. The van der Waals surface area contributed by atoms with Crippen LogP contribution < -0.4 is 31.9 Å². The summed E-state index contributed by atoms with van der Waals surface area (Å²) in [6.07, 6.45) is 4.35. The molecule has 0 aromatic heterocycles. The van der Waals surface area contributed by atoms with Gasteiger partial charge in [-0.25, -0.2) is 0 Å². The first kappa shape index (κ1) is 41.9. The third kappa shape index (κ3) is 14.7. The molecule has 12 heteroatoms. The minimum Gasteiger partial charge on any atom is -0.355 e. The highest BCUT2D eigenvalue weighted by Gasteiger charge is 2.31. The van der Waals surface area contributed by atoms with Crippen LogP contribution in [0.5, 0.6) is 0 Å². The van der Waals surface area contributed by atoms with Gasteiger partial charge in [0.1, 0.15) is 18.1 Å². The number of hydrogen-bond donors (Lipinski definition) is 6. The monoisotopic (exact) mass is 676 g/mol. The summed E-state index contributed by atoms with van der Waals surface area (Å²) >= 11 is 1.58. The van der Waals surface area contributed by atoms with Crippen molar-refractivity contribution in [3.05, 3.63) is 29.8 Å². The molecule has 6 atom stereocenters. The fraction of sp³-hybridized carbons (Fsp3) is 0.686. The van der Waals surface area contributed by atoms with E-state index >= 15 is 0 Å². The van der Waals surface area contributed by atoms with Crippen LogP contribution in [0.25, 0.3) is 0 Å². The van der Waals surface area contributed by atoms with Crippen LogP contribution in [0.1, 0.15) is 98.4 Å². The molecule has 0 aliphatic rings. The first-order valence-electron chi connectivity index (χ1n) is 17.1. The van der Waals surface area contributed by atoms with E-state index in [1.54, 1.807) is 30.8 Å². The molecule has 0 saturated carbocycles. The van der Waals surface area contributed by atoms with Crippen molar-refractivity contribution in [3.8, 4) is 0 Å². The molecule has 1 aromatic rings. The highest BCUT2D eigenvalue weighted by molar-refractivity contribution is 7.98. The predicted octanol–water partition coefficient (Wildman–Crippen LogP) is 3.62.